The van der Waals surface area contributed by atoms with Crippen LogP contribution in [0, 0.1) is 15.9 Å². The van der Waals surface area contributed by atoms with Crippen LogP contribution in [0.1, 0.15) is 15.9 Å². The number of hydrogen-bond acceptors (Lipinski definition) is 4. The Hall–Kier alpha value is -1.99. The second-order valence-corrected chi connectivity index (χ2v) is 5.58. The molecule has 0 aliphatic carbocycles. The van der Waals surface area contributed by atoms with E-state index < -0.39 is 22.4 Å². The summed E-state index contributed by atoms with van der Waals surface area (Å²) >= 11 is 8.77. The minimum Gasteiger partial charge on any atom is -0.457 e. The molecule has 0 atom stereocenters. The molecule has 0 radical (unpaired) electrons. The molecule has 2 aromatic carbocycles. The van der Waals surface area contributed by atoms with Gasteiger partial charge in [0.05, 0.1) is 4.92 Å². The topological polar surface area (TPSA) is 69.4 Å². The van der Waals surface area contributed by atoms with Gasteiger partial charge in [-0.05, 0) is 24.3 Å². The van der Waals surface area contributed by atoms with Gasteiger partial charge in [0.1, 0.15) is 18.0 Å². The summed E-state index contributed by atoms with van der Waals surface area (Å²) in [6.07, 6.45) is 0. The first-order valence-corrected chi connectivity index (χ1v) is 7.10. The number of hydrogen-bond donors (Lipinski definition) is 0. The van der Waals surface area contributed by atoms with Gasteiger partial charge in [0.2, 0.25) is 0 Å². The number of halogens is 3. The lowest BCUT2D eigenvalue weighted by Gasteiger charge is -2.07. The minimum absolute atomic E-state index is 0.127. The molecule has 0 heterocycles. The molecular weight excluding hydrogens is 381 g/mol. The molecule has 0 unspecified atom stereocenters. The van der Waals surface area contributed by atoms with Crippen LogP contribution in [-0.2, 0) is 11.3 Å². The Morgan fingerprint density at radius 2 is 2.05 bits per heavy atom. The van der Waals surface area contributed by atoms with Crippen LogP contribution in [0.3, 0.4) is 0 Å². The van der Waals surface area contributed by atoms with Crippen molar-refractivity contribution in [2.75, 3.05) is 0 Å². The van der Waals surface area contributed by atoms with Crippen LogP contribution in [0.25, 0.3) is 0 Å². The van der Waals surface area contributed by atoms with E-state index in [4.69, 9.17) is 16.3 Å². The second kappa shape index (κ2) is 6.85. The second-order valence-electron chi connectivity index (χ2n) is 4.23. The number of carbonyl (C=O) groups excluding carboxylic acids is 1. The van der Waals surface area contributed by atoms with Crippen molar-refractivity contribution in [1.29, 1.82) is 0 Å². The summed E-state index contributed by atoms with van der Waals surface area (Å²) in [6.45, 7) is -0.336. The molecule has 2 aromatic rings. The fourth-order valence-electron chi connectivity index (χ4n) is 1.69. The average Bonchev–Trinajstić information content (AvgIpc) is 2.45. The Balaban J connectivity index is 2.18. The van der Waals surface area contributed by atoms with E-state index in [9.17, 15) is 19.3 Å². The highest BCUT2D eigenvalue weighted by atomic mass is 79.9. The standard InChI is InChI=1S/C14H8BrClFNO4/c15-9-2-1-8(12(17)5-9)7-22-14(19)11-4-3-10(16)6-13(11)18(20)21/h1-6H,7H2. The highest BCUT2D eigenvalue weighted by Gasteiger charge is 2.22. The van der Waals surface area contributed by atoms with Crippen molar-refractivity contribution in [1.82, 2.24) is 0 Å². The maximum absolute atomic E-state index is 13.6. The van der Waals surface area contributed by atoms with Gasteiger partial charge in [-0.15, -0.1) is 0 Å². The third-order valence-corrected chi connectivity index (χ3v) is 3.48. The van der Waals surface area contributed by atoms with E-state index in [0.29, 0.717) is 4.47 Å². The predicted octanol–water partition coefficient (Wildman–Crippen LogP) is 4.51. The van der Waals surface area contributed by atoms with Crippen LogP contribution in [0.2, 0.25) is 5.02 Å². The van der Waals surface area contributed by atoms with Crippen molar-refractivity contribution in [3.05, 3.63) is 73.0 Å². The molecule has 0 spiro atoms. The van der Waals surface area contributed by atoms with Crippen molar-refractivity contribution in [2.45, 2.75) is 6.61 Å². The molecule has 0 aliphatic heterocycles. The van der Waals surface area contributed by atoms with Crippen molar-refractivity contribution >= 4 is 39.2 Å². The largest absolute Gasteiger partial charge is 0.457 e. The van der Waals surface area contributed by atoms with Gasteiger partial charge in [0, 0.05) is 21.1 Å². The smallest absolute Gasteiger partial charge is 0.345 e. The van der Waals surface area contributed by atoms with Crippen LogP contribution in [0.4, 0.5) is 10.1 Å². The fraction of sp³-hybridized carbons (Fsp3) is 0.0714. The quantitative estimate of drug-likeness (QED) is 0.439. The molecule has 0 fully saturated rings. The Labute approximate surface area is 137 Å². The van der Waals surface area contributed by atoms with Gasteiger partial charge >= 0.3 is 5.97 Å². The number of carbonyl (C=O) groups is 1. The number of rotatable bonds is 4. The fourth-order valence-corrected chi connectivity index (χ4v) is 2.19. The van der Waals surface area contributed by atoms with E-state index in [1.54, 1.807) is 6.07 Å². The first-order chi connectivity index (χ1) is 10.4. The van der Waals surface area contributed by atoms with E-state index in [2.05, 4.69) is 15.9 Å². The van der Waals surface area contributed by atoms with Gasteiger partial charge in [-0.25, -0.2) is 9.18 Å². The van der Waals surface area contributed by atoms with Crippen LogP contribution >= 0.6 is 27.5 Å². The van der Waals surface area contributed by atoms with Gasteiger partial charge in [0.25, 0.3) is 5.69 Å². The molecule has 0 aliphatic rings. The summed E-state index contributed by atoms with van der Waals surface area (Å²) in [7, 11) is 0. The third kappa shape index (κ3) is 3.80. The molecular formula is C14H8BrClFNO4. The van der Waals surface area contributed by atoms with E-state index in [1.807, 2.05) is 0 Å². The van der Waals surface area contributed by atoms with Crippen molar-refractivity contribution in [3.8, 4) is 0 Å². The molecule has 0 amide bonds. The highest BCUT2D eigenvalue weighted by molar-refractivity contribution is 9.10. The van der Waals surface area contributed by atoms with E-state index in [0.717, 1.165) is 6.07 Å². The molecule has 2 rings (SSSR count). The first-order valence-electron chi connectivity index (χ1n) is 5.93. The van der Waals surface area contributed by atoms with Crippen molar-refractivity contribution < 1.29 is 18.8 Å². The minimum atomic E-state index is -0.925. The van der Waals surface area contributed by atoms with Crippen LogP contribution in [0.5, 0.6) is 0 Å². The summed E-state index contributed by atoms with van der Waals surface area (Å²) in [6, 6.07) is 7.86. The molecule has 5 nitrogen and oxygen atoms in total. The summed E-state index contributed by atoms with van der Waals surface area (Å²) in [5.74, 6) is -1.47. The van der Waals surface area contributed by atoms with E-state index in [-0.39, 0.29) is 22.8 Å². The molecule has 0 N–H and O–H groups in total. The molecule has 0 aromatic heterocycles. The van der Waals surface area contributed by atoms with Crippen molar-refractivity contribution in [2.24, 2.45) is 0 Å². The van der Waals surface area contributed by atoms with Gasteiger partial charge in [-0.1, -0.05) is 33.6 Å². The molecule has 0 saturated carbocycles. The number of esters is 1. The van der Waals surface area contributed by atoms with Gasteiger partial charge in [0.15, 0.2) is 0 Å². The van der Waals surface area contributed by atoms with E-state index in [1.165, 1.54) is 24.3 Å². The van der Waals surface area contributed by atoms with Gasteiger partial charge in [-0.2, -0.15) is 0 Å². The predicted molar refractivity (Wildman–Crippen MR) is 81.3 cm³/mol. The number of nitro benzene ring substituents is 1. The normalized spacial score (nSPS) is 10.3. The molecule has 22 heavy (non-hydrogen) atoms. The van der Waals surface area contributed by atoms with Gasteiger partial charge in [-0.3, -0.25) is 10.1 Å². The van der Waals surface area contributed by atoms with E-state index >= 15 is 0 Å². The zero-order chi connectivity index (χ0) is 16.3. The Kier molecular flexibility index (Phi) is 5.10. The number of nitrogens with zero attached hydrogens (tertiary/aromatic N) is 1. The number of nitro groups is 1. The molecule has 114 valence electrons. The zero-order valence-electron chi connectivity index (χ0n) is 10.9. The zero-order valence-corrected chi connectivity index (χ0v) is 13.2. The molecule has 0 bridgehead atoms. The monoisotopic (exact) mass is 387 g/mol. The van der Waals surface area contributed by atoms with Gasteiger partial charge < -0.3 is 4.74 Å². The number of benzene rings is 2. The molecule has 0 saturated heterocycles. The number of ether oxygens (including phenoxy) is 1. The Bertz CT molecular complexity index is 754. The average molecular weight is 389 g/mol. The SMILES string of the molecule is O=C(OCc1ccc(Br)cc1F)c1ccc(Cl)cc1[N+](=O)[O-]. The Morgan fingerprint density at radius 1 is 1.32 bits per heavy atom. The summed E-state index contributed by atoms with van der Waals surface area (Å²) in [5, 5.41) is 11.0. The lowest BCUT2D eigenvalue weighted by molar-refractivity contribution is -0.385. The lowest BCUT2D eigenvalue weighted by Crippen LogP contribution is -2.09. The summed E-state index contributed by atoms with van der Waals surface area (Å²) < 4.78 is 19.1. The highest BCUT2D eigenvalue weighted by Crippen LogP contribution is 2.24. The first kappa shape index (κ1) is 16.4. The third-order valence-electron chi connectivity index (χ3n) is 2.75. The summed E-state index contributed by atoms with van der Waals surface area (Å²) in [5.41, 5.74) is -0.547. The lowest BCUT2D eigenvalue weighted by atomic mass is 10.2. The van der Waals surface area contributed by atoms with Crippen LogP contribution in [-0.4, -0.2) is 10.9 Å². The maximum atomic E-state index is 13.6. The maximum Gasteiger partial charge on any atom is 0.345 e. The van der Waals surface area contributed by atoms with Crippen molar-refractivity contribution in [3.63, 3.8) is 0 Å². The van der Waals surface area contributed by atoms with Crippen LogP contribution in [0.15, 0.2) is 40.9 Å². The van der Waals surface area contributed by atoms with Crippen LogP contribution < -0.4 is 0 Å². The Morgan fingerprint density at radius 3 is 2.68 bits per heavy atom. The molecule has 8 heteroatoms. The summed E-state index contributed by atoms with van der Waals surface area (Å²) in [4.78, 5) is 22.1.